The van der Waals surface area contributed by atoms with Crippen LogP contribution in [-0.2, 0) is 9.53 Å². The van der Waals surface area contributed by atoms with Crippen LogP contribution in [0.3, 0.4) is 0 Å². The van der Waals surface area contributed by atoms with Crippen molar-refractivity contribution < 1.29 is 30.4 Å². The van der Waals surface area contributed by atoms with Crippen molar-refractivity contribution in [3.8, 4) is 11.5 Å². The predicted molar refractivity (Wildman–Crippen MR) is 54.7 cm³/mol. The molecule has 0 fully saturated rings. The second-order valence-corrected chi connectivity index (χ2v) is 2.87. The van der Waals surface area contributed by atoms with E-state index in [0.717, 1.165) is 25.3 Å². The first kappa shape index (κ1) is 6.72. The number of methoxy groups -OCH3 is 1. The van der Waals surface area contributed by atoms with Gasteiger partial charge in [0.05, 0.1) is 9.85 Å². The van der Waals surface area contributed by atoms with E-state index in [1.54, 1.807) is 0 Å². The highest BCUT2D eigenvalue weighted by Crippen LogP contribution is 2.28. The molecule has 1 rings (SSSR count). The smallest absolute Gasteiger partial charge is 0.325 e. The highest BCUT2D eigenvalue weighted by Gasteiger charge is 2.25. The molecule has 1 aromatic carbocycles. The maximum Gasteiger partial charge on any atom is 0.325 e. The summed E-state index contributed by atoms with van der Waals surface area (Å²) in [4.78, 5) is 11.7. The fraction of sp³-hybridized carbons (Fsp3) is 0.300. The van der Waals surface area contributed by atoms with E-state index < -0.39 is 40.8 Å². The van der Waals surface area contributed by atoms with Crippen molar-refractivity contribution in [1.29, 1.82) is 1.43 Å². The number of phenolic OH excluding ortho intramolecular Hbond substituents is 2. The van der Waals surface area contributed by atoms with E-state index in [0.29, 0.717) is 0 Å². The van der Waals surface area contributed by atoms with Crippen LogP contribution < -0.4 is 5.72 Å². The average Bonchev–Trinajstić information content (AvgIpc) is 2.46. The Labute approximate surface area is 99.1 Å². The summed E-state index contributed by atoms with van der Waals surface area (Å²) >= 11 is 0. The van der Waals surface area contributed by atoms with E-state index in [-0.39, 0.29) is 0 Å². The predicted octanol–water partition coefficient (Wildman–Crippen LogP) is -0.369. The summed E-state index contributed by atoms with van der Waals surface area (Å²) < 4.78 is 41.6. The minimum Gasteiger partial charge on any atom is -0.504 e. The number of phenols is 2. The molecule has 0 aliphatic rings. The fourth-order valence-electron chi connectivity index (χ4n) is 0.991. The standard InChI is InChI=1S/C10H13NO5/c1-16-10(15)8(11)9(14)5-2-3-6(12)7(13)4-5/h2-4,8-9,12-14H,11H2,1H3/t8-,9-/m1/s1/i8D,9D,14D/hD2. The van der Waals surface area contributed by atoms with E-state index in [4.69, 9.17) is 7.00 Å². The van der Waals surface area contributed by atoms with E-state index in [9.17, 15) is 15.0 Å². The third-order valence-corrected chi connectivity index (χ3v) is 1.83. The maximum absolute atomic E-state index is 11.7. The number of hydrogen-bond acceptors (Lipinski definition) is 6. The lowest BCUT2D eigenvalue weighted by Gasteiger charge is -2.17. The monoisotopic (exact) mass is 232 g/mol. The molecule has 88 valence electrons. The number of rotatable bonds is 5. The van der Waals surface area contributed by atoms with Gasteiger partial charge in [0, 0.05) is 0 Å². The summed E-state index contributed by atoms with van der Waals surface area (Å²) in [6.45, 7) is 0. The second-order valence-electron chi connectivity index (χ2n) is 2.87. The molecule has 0 aliphatic heterocycles. The summed E-state index contributed by atoms with van der Waals surface area (Å²) in [5, 5.41) is 22.8. The lowest BCUT2D eigenvalue weighted by Crippen LogP contribution is -2.37. The normalized spacial score (nSPS) is 22.8. The molecule has 0 saturated carbocycles. The minimum atomic E-state index is -3.08. The van der Waals surface area contributed by atoms with Gasteiger partial charge in [-0.25, -0.2) is 0 Å². The Bertz CT molecular complexity index is 545. The van der Waals surface area contributed by atoms with Gasteiger partial charge in [-0.3, -0.25) is 4.79 Å². The van der Waals surface area contributed by atoms with Crippen molar-refractivity contribution in [3.05, 3.63) is 23.8 Å². The van der Waals surface area contributed by atoms with Crippen molar-refractivity contribution >= 4 is 5.97 Å². The Kier molecular flexibility index (Phi) is 2.03. The number of ether oxygens (including phenoxy) is 1. The van der Waals surface area contributed by atoms with E-state index in [1.807, 2.05) is 0 Å². The van der Waals surface area contributed by atoms with Gasteiger partial charge in [0.2, 0.25) is 1.43 Å². The largest absolute Gasteiger partial charge is 0.504 e. The minimum absolute atomic E-state index is 0.405. The Morgan fingerprint density at radius 3 is 2.88 bits per heavy atom. The Morgan fingerprint density at radius 2 is 2.38 bits per heavy atom. The van der Waals surface area contributed by atoms with Gasteiger partial charge in [0.15, 0.2) is 11.5 Å². The first-order valence-corrected chi connectivity index (χ1v) is 4.18. The van der Waals surface area contributed by atoms with Crippen LogP contribution in [0.5, 0.6) is 11.5 Å². The molecule has 0 aliphatic carbocycles. The number of carbonyl (C=O) groups excluding carboxylic acids is 1. The summed E-state index contributed by atoms with van der Waals surface area (Å²) in [5.74, 6) is -2.70. The fourth-order valence-corrected chi connectivity index (χ4v) is 0.991. The number of benzene rings is 1. The van der Waals surface area contributed by atoms with E-state index in [2.05, 4.69) is 9.85 Å². The van der Waals surface area contributed by atoms with Gasteiger partial charge in [-0.1, -0.05) is 6.07 Å². The second kappa shape index (κ2) is 4.82. The Morgan fingerprint density at radius 1 is 1.62 bits per heavy atom. The number of nitrogens with two attached hydrogens (primary N) is 1. The van der Waals surface area contributed by atoms with Crippen LogP contribution in [0.15, 0.2) is 18.2 Å². The molecule has 0 heterocycles. The first-order valence-electron chi connectivity index (χ1n) is 6.48. The van der Waals surface area contributed by atoms with Crippen LogP contribution in [0, 0.1) is 0 Å². The molecule has 16 heavy (non-hydrogen) atoms. The summed E-state index contributed by atoms with van der Waals surface area (Å²) in [5.41, 5.74) is -0.845. The van der Waals surface area contributed by atoms with Crippen LogP contribution in [0.1, 0.15) is 14.4 Å². The molecular weight excluding hydrogens is 214 g/mol. The molecular formula is C10H13NO5. The number of aromatic hydroxyl groups is 2. The van der Waals surface area contributed by atoms with Crippen LogP contribution in [-0.4, -0.2) is 35.9 Å². The Balaban J connectivity index is 3.54. The summed E-state index contributed by atoms with van der Waals surface area (Å²) in [6, 6.07) is -0.339. The molecule has 0 bridgehead atoms. The maximum atomic E-state index is 11.7. The van der Waals surface area contributed by atoms with Gasteiger partial charge < -0.3 is 25.8 Å². The zero-order valence-electron chi connectivity index (χ0n) is 13.3. The first-order chi connectivity index (χ1) is 9.65. The number of esters is 1. The molecule has 0 saturated heterocycles. The van der Waals surface area contributed by atoms with Crippen LogP contribution in [0.4, 0.5) is 0 Å². The van der Waals surface area contributed by atoms with Crippen LogP contribution in [0.2, 0.25) is 2.82 Å². The highest BCUT2D eigenvalue weighted by atomic mass is 16.5. The molecule has 0 spiro atoms. The van der Waals surface area contributed by atoms with Gasteiger partial charge in [0.1, 0.15) is 14.9 Å². The van der Waals surface area contributed by atoms with Gasteiger partial charge >= 0.3 is 5.97 Å². The molecule has 2 atom stereocenters. The Hall–Kier alpha value is -1.79. The lowest BCUT2D eigenvalue weighted by molar-refractivity contribution is -0.145. The van der Waals surface area contributed by atoms with Crippen LogP contribution >= 0.6 is 0 Å². The van der Waals surface area contributed by atoms with Gasteiger partial charge in [-0.05, 0) is 17.7 Å². The molecule has 1 aromatic rings. The third kappa shape index (κ3) is 2.41. The number of carbonyl (C=O) groups is 1. The quantitative estimate of drug-likeness (QED) is 0.407. The van der Waals surface area contributed by atoms with Crippen molar-refractivity contribution in [2.24, 2.45) is 5.72 Å². The molecule has 6 heteroatoms. The lowest BCUT2D eigenvalue weighted by atomic mass is 10.0. The topological polar surface area (TPSA) is 113 Å². The molecule has 0 aromatic heterocycles. The third-order valence-electron chi connectivity index (χ3n) is 1.83. The number of hydrogen-bond donors (Lipinski definition) is 4. The summed E-state index contributed by atoms with van der Waals surface area (Å²) in [7, 11) is 0.883. The van der Waals surface area contributed by atoms with Gasteiger partial charge in [-0.15, -0.1) is 0 Å². The van der Waals surface area contributed by atoms with Crippen molar-refractivity contribution in [3.63, 3.8) is 0 Å². The van der Waals surface area contributed by atoms with Crippen LogP contribution in [0.25, 0.3) is 0 Å². The molecule has 6 nitrogen and oxygen atoms in total. The van der Waals surface area contributed by atoms with Gasteiger partial charge in [0.25, 0.3) is 0 Å². The van der Waals surface area contributed by atoms with E-state index >= 15 is 0 Å². The van der Waals surface area contributed by atoms with Crippen molar-refractivity contribution in [2.45, 2.75) is 12.1 Å². The number of aliphatic hydroxyl groups is 1. The molecule has 0 unspecified atom stereocenters. The highest BCUT2D eigenvalue weighted by molar-refractivity contribution is 5.76. The molecule has 0 amide bonds. The SMILES string of the molecule is [2H]O[C@]([2H])(c1ccc(O)c(O)c1)[C@]([2H])(C(=O)OC)N([2H])[2H]. The van der Waals surface area contributed by atoms with Gasteiger partial charge in [-0.2, -0.15) is 0 Å². The van der Waals surface area contributed by atoms with E-state index in [1.165, 1.54) is 0 Å². The zero-order valence-corrected chi connectivity index (χ0v) is 8.30. The molecule has 0 radical (unpaired) electrons. The molecule has 5 N–H and O–H groups in total. The zero-order chi connectivity index (χ0) is 16.4. The summed E-state index contributed by atoms with van der Waals surface area (Å²) in [6.07, 6.45) is -2.89. The average molecular weight is 232 g/mol. The van der Waals surface area contributed by atoms with Crippen molar-refractivity contribution in [2.75, 3.05) is 7.11 Å². The van der Waals surface area contributed by atoms with Crippen molar-refractivity contribution in [1.82, 2.24) is 0 Å².